The minimum Gasteiger partial charge on any atom is -0.341 e. The zero-order valence-corrected chi connectivity index (χ0v) is 13.5. The Labute approximate surface area is 126 Å². The Hall–Kier alpha value is -0.710. The van der Waals surface area contributed by atoms with Gasteiger partial charge in [-0.3, -0.25) is 9.59 Å². The van der Waals surface area contributed by atoms with E-state index in [0.29, 0.717) is 12.3 Å². The molecule has 0 N–H and O–H groups in total. The van der Waals surface area contributed by atoms with Crippen molar-refractivity contribution in [1.82, 2.24) is 9.80 Å². The summed E-state index contributed by atoms with van der Waals surface area (Å²) in [6, 6.07) is -0.210. The number of rotatable bonds is 4. The van der Waals surface area contributed by atoms with Gasteiger partial charge in [0.1, 0.15) is 6.04 Å². The lowest BCUT2D eigenvalue weighted by atomic mass is 9.98. The van der Waals surface area contributed by atoms with Gasteiger partial charge in [0.2, 0.25) is 11.8 Å². The molecule has 0 aliphatic carbocycles. The van der Waals surface area contributed by atoms with Gasteiger partial charge in [-0.05, 0) is 25.2 Å². The number of unbranched alkanes of at least 4 members (excludes halogenated alkanes) is 1. The maximum Gasteiger partial charge on any atom is 0.246 e. The van der Waals surface area contributed by atoms with E-state index in [2.05, 4.69) is 13.8 Å². The predicted molar refractivity (Wildman–Crippen MR) is 82.5 cm³/mol. The van der Waals surface area contributed by atoms with Crippen molar-refractivity contribution >= 4 is 23.6 Å². The number of hydrogen-bond donors (Lipinski definition) is 0. The minimum absolute atomic E-state index is 0.153. The first kappa shape index (κ1) is 15.7. The molecule has 1 atom stereocenters. The van der Waals surface area contributed by atoms with Gasteiger partial charge in [0, 0.05) is 25.3 Å². The summed E-state index contributed by atoms with van der Waals surface area (Å²) in [4.78, 5) is 28.6. The smallest absolute Gasteiger partial charge is 0.246 e. The zero-order chi connectivity index (χ0) is 14.5. The van der Waals surface area contributed by atoms with Gasteiger partial charge < -0.3 is 9.80 Å². The van der Waals surface area contributed by atoms with E-state index >= 15 is 0 Å². The van der Waals surface area contributed by atoms with Crippen LogP contribution in [0.3, 0.4) is 0 Å². The average molecular weight is 298 g/mol. The molecule has 0 aromatic rings. The third-order valence-corrected chi connectivity index (χ3v) is 5.34. The number of carbonyl (C=O) groups is 2. The number of hydrogen-bond acceptors (Lipinski definition) is 3. The van der Waals surface area contributed by atoms with Gasteiger partial charge in [-0.1, -0.05) is 20.3 Å². The molecule has 114 valence electrons. The highest BCUT2D eigenvalue weighted by atomic mass is 32.2. The van der Waals surface area contributed by atoms with E-state index in [0.717, 1.165) is 50.4 Å². The fourth-order valence-electron chi connectivity index (χ4n) is 2.80. The lowest BCUT2D eigenvalue weighted by Gasteiger charge is -2.34. The minimum atomic E-state index is -0.210. The molecule has 2 aliphatic heterocycles. The van der Waals surface area contributed by atoms with Gasteiger partial charge in [-0.25, -0.2) is 0 Å². The van der Waals surface area contributed by atoms with Crippen molar-refractivity contribution in [2.75, 3.05) is 24.7 Å². The Morgan fingerprint density at radius 3 is 2.60 bits per heavy atom. The number of likely N-dealkylation sites (tertiary alicyclic amines) is 1. The Morgan fingerprint density at radius 2 is 1.95 bits per heavy atom. The number of nitrogens with zero attached hydrogens (tertiary/aromatic N) is 2. The first-order valence-corrected chi connectivity index (χ1v) is 8.95. The molecule has 2 heterocycles. The normalized spacial score (nSPS) is 24.2. The second kappa shape index (κ2) is 7.34. The van der Waals surface area contributed by atoms with Gasteiger partial charge >= 0.3 is 0 Å². The van der Waals surface area contributed by atoms with Crippen LogP contribution in [0.15, 0.2) is 0 Å². The van der Waals surface area contributed by atoms with Crippen molar-refractivity contribution < 1.29 is 9.59 Å². The van der Waals surface area contributed by atoms with Crippen molar-refractivity contribution in [3.05, 3.63) is 0 Å². The van der Waals surface area contributed by atoms with Crippen LogP contribution < -0.4 is 0 Å². The highest BCUT2D eigenvalue weighted by Gasteiger charge is 2.37. The van der Waals surface area contributed by atoms with Crippen molar-refractivity contribution in [3.63, 3.8) is 0 Å². The first-order chi connectivity index (χ1) is 9.63. The predicted octanol–water partition coefficient (Wildman–Crippen LogP) is 2.34. The van der Waals surface area contributed by atoms with Crippen LogP contribution in [-0.2, 0) is 9.59 Å². The number of piperidine rings is 1. The molecular formula is C15H26N2O2S. The van der Waals surface area contributed by atoms with Crippen LogP contribution in [0.25, 0.3) is 0 Å². The van der Waals surface area contributed by atoms with E-state index in [4.69, 9.17) is 0 Å². The third kappa shape index (κ3) is 3.68. The summed E-state index contributed by atoms with van der Waals surface area (Å²) in [6.07, 6.45) is 4.71. The lowest BCUT2D eigenvalue weighted by Crippen LogP contribution is -2.50. The summed E-state index contributed by atoms with van der Waals surface area (Å²) in [5.41, 5.74) is 0. The summed E-state index contributed by atoms with van der Waals surface area (Å²) in [6.45, 7) is 6.05. The molecule has 2 rings (SSSR count). The first-order valence-electron chi connectivity index (χ1n) is 7.79. The van der Waals surface area contributed by atoms with Crippen molar-refractivity contribution in [3.8, 4) is 0 Å². The second-order valence-corrected chi connectivity index (χ2v) is 6.99. The van der Waals surface area contributed by atoms with Crippen molar-refractivity contribution in [1.29, 1.82) is 0 Å². The van der Waals surface area contributed by atoms with E-state index in [1.165, 1.54) is 0 Å². The molecule has 0 radical (unpaired) electrons. The van der Waals surface area contributed by atoms with Gasteiger partial charge in [0.25, 0.3) is 0 Å². The van der Waals surface area contributed by atoms with E-state index < -0.39 is 0 Å². The second-order valence-electron chi connectivity index (χ2n) is 5.99. The SMILES string of the molecule is CCCCC(=O)N1CSCC1C(=O)N1CCC(C)CC1. The molecule has 5 heteroatoms. The Bertz CT molecular complexity index is 354. The fraction of sp³-hybridized carbons (Fsp3) is 0.867. The van der Waals surface area contributed by atoms with E-state index in [-0.39, 0.29) is 17.9 Å². The quantitative estimate of drug-likeness (QED) is 0.800. The number of thioether (sulfide) groups is 1. The van der Waals surface area contributed by atoms with Crippen LogP contribution in [-0.4, -0.2) is 52.4 Å². The van der Waals surface area contributed by atoms with Crippen LogP contribution in [0, 0.1) is 5.92 Å². The summed E-state index contributed by atoms with van der Waals surface area (Å²) < 4.78 is 0. The molecule has 2 saturated heterocycles. The summed E-state index contributed by atoms with van der Waals surface area (Å²) >= 11 is 1.70. The highest BCUT2D eigenvalue weighted by molar-refractivity contribution is 7.99. The van der Waals surface area contributed by atoms with Gasteiger partial charge in [-0.2, -0.15) is 0 Å². The Morgan fingerprint density at radius 1 is 1.25 bits per heavy atom. The molecule has 2 fully saturated rings. The average Bonchev–Trinajstić information content (AvgIpc) is 2.94. The van der Waals surface area contributed by atoms with Gasteiger partial charge in [0.05, 0.1) is 5.88 Å². The zero-order valence-electron chi connectivity index (χ0n) is 12.6. The fourth-order valence-corrected chi connectivity index (χ4v) is 3.98. The molecular weight excluding hydrogens is 272 g/mol. The van der Waals surface area contributed by atoms with Gasteiger partial charge in [0.15, 0.2) is 0 Å². The number of carbonyl (C=O) groups excluding carboxylic acids is 2. The molecule has 4 nitrogen and oxygen atoms in total. The molecule has 2 aliphatic rings. The molecule has 0 spiro atoms. The molecule has 20 heavy (non-hydrogen) atoms. The summed E-state index contributed by atoms with van der Waals surface area (Å²) in [7, 11) is 0. The Balaban J connectivity index is 1.92. The largest absolute Gasteiger partial charge is 0.341 e. The van der Waals surface area contributed by atoms with Crippen LogP contribution in [0.5, 0.6) is 0 Å². The summed E-state index contributed by atoms with van der Waals surface area (Å²) in [5, 5.41) is 0. The lowest BCUT2D eigenvalue weighted by molar-refractivity contribution is -0.144. The van der Waals surface area contributed by atoms with Crippen LogP contribution in [0.2, 0.25) is 0 Å². The molecule has 0 saturated carbocycles. The molecule has 0 aromatic carbocycles. The standard InChI is InChI=1S/C15H26N2O2S/c1-3-4-5-14(18)17-11-20-10-13(17)15(19)16-8-6-12(2)7-9-16/h12-13H,3-11H2,1-2H3. The Kier molecular flexibility index (Phi) is 5.75. The van der Waals surface area contributed by atoms with Gasteiger partial charge in [-0.15, -0.1) is 11.8 Å². The van der Waals surface area contributed by atoms with E-state index in [1.807, 2.05) is 4.90 Å². The van der Waals surface area contributed by atoms with Crippen molar-refractivity contribution in [2.24, 2.45) is 5.92 Å². The van der Waals surface area contributed by atoms with Crippen LogP contribution in [0.4, 0.5) is 0 Å². The molecule has 2 amide bonds. The van der Waals surface area contributed by atoms with Crippen LogP contribution >= 0.6 is 11.8 Å². The van der Waals surface area contributed by atoms with Crippen LogP contribution in [0.1, 0.15) is 46.0 Å². The monoisotopic (exact) mass is 298 g/mol. The summed E-state index contributed by atoms with van der Waals surface area (Å²) in [5.74, 6) is 2.50. The maximum atomic E-state index is 12.6. The number of amides is 2. The van der Waals surface area contributed by atoms with Crippen molar-refractivity contribution in [2.45, 2.75) is 52.0 Å². The van der Waals surface area contributed by atoms with E-state index in [1.54, 1.807) is 16.7 Å². The maximum absolute atomic E-state index is 12.6. The molecule has 0 bridgehead atoms. The molecule has 0 aromatic heterocycles. The highest BCUT2D eigenvalue weighted by Crippen LogP contribution is 2.25. The molecule has 1 unspecified atom stereocenters. The topological polar surface area (TPSA) is 40.6 Å². The third-order valence-electron chi connectivity index (χ3n) is 4.33. The van der Waals surface area contributed by atoms with E-state index in [9.17, 15) is 9.59 Å².